The second-order valence-corrected chi connectivity index (χ2v) is 5.44. The third-order valence-corrected chi connectivity index (χ3v) is 2.87. The summed E-state index contributed by atoms with van der Waals surface area (Å²) in [6.07, 6.45) is 1.13. The zero-order chi connectivity index (χ0) is 12.8. The van der Waals surface area contributed by atoms with Gasteiger partial charge in [-0.25, -0.2) is 4.39 Å². The van der Waals surface area contributed by atoms with E-state index in [4.69, 9.17) is 0 Å². The summed E-state index contributed by atoms with van der Waals surface area (Å²) >= 11 is 0. The number of hydrogen-bond acceptors (Lipinski definition) is 1. The van der Waals surface area contributed by atoms with Crippen molar-refractivity contribution in [2.75, 3.05) is 6.54 Å². The van der Waals surface area contributed by atoms with E-state index in [2.05, 4.69) is 33.0 Å². The molecule has 0 aliphatic heterocycles. The molecule has 0 spiro atoms. The Morgan fingerprint density at radius 1 is 1.06 bits per heavy atom. The highest BCUT2D eigenvalue weighted by Crippen LogP contribution is 2.23. The van der Waals surface area contributed by atoms with Crippen LogP contribution in [-0.4, -0.2) is 12.6 Å². The summed E-state index contributed by atoms with van der Waals surface area (Å²) in [6, 6.07) is 7.41. The fourth-order valence-corrected chi connectivity index (χ4v) is 2.02. The first-order valence-electron chi connectivity index (χ1n) is 6.48. The van der Waals surface area contributed by atoms with Crippen LogP contribution in [0.25, 0.3) is 0 Å². The maximum Gasteiger partial charge on any atom is 0.123 e. The Morgan fingerprint density at radius 3 is 2.12 bits per heavy atom. The van der Waals surface area contributed by atoms with Crippen molar-refractivity contribution in [2.45, 2.75) is 46.1 Å². The Morgan fingerprint density at radius 2 is 1.65 bits per heavy atom. The summed E-state index contributed by atoms with van der Waals surface area (Å²) in [5, 5.41) is 3.47. The van der Waals surface area contributed by atoms with Crippen molar-refractivity contribution in [3.05, 3.63) is 35.6 Å². The zero-order valence-corrected chi connectivity index (χ0v) is 11.3. The molecule has 1 atom stereocenters. The van der Waals surface area contributed by atoms with Gasteiger partial charge in [0.2, 0.25) is 0 Å². The lowest BCUT2D eigenvalue weighted by Crippen LogP contribution is -2.28. The molecule has 0 fully saturated rings. The molecule has 96 valence electrons. The van der Waals surface area contributed by atoms with E-state index in [0.29, 0.717) is 17.9 Å². The predicted octanol–water partition coefficient (Wildman–Crippen LogP) is 3.95. The summed E-state index contributed by atoms with van der Waals surface area (Å²) in [5.41, 5.74) is 1.23. The van der Waals surface area contributed by atoms with E-state index in [-0.39, 0.29) is 5.82 Å². The number of rotatable bonds is 6. The van der Waals surface area contributed by atoms with Gasteiger partial charge in [-0.3, -0.25) is 0 Å². The van der Waals surface area contributed by atoms with Crippen molar-refractivity contribution < 1.29 is 4.39 Å². The van der Waals surface area contributed by atoms with Crippen LogP contribution in [-0.2, 0) is 0 Å². The molecule has 0 saturated carbocycles. The van der Waals surface area contributed by atoms with E-state index < -0.39 is 0 Å². The van der Waals surface area contributed by atoms with Crippen LogP contribution in [0.2, 0.25) is 0 Å². The summed E-state index contributed by atoms with van der Waals surface area (Å²) in [4.78, 5) is 0. The summed E-state index contributed by atoms with van der Waals surface area (Å²) in [7, 11) is 0. The molecular weight excluding hydrogens is 213 g/mol. The first kappa shape index (κ1) is 14.2. The molecular formula is C15H24FN. The van der Waals surface area contributed by atoms with Gasteiger partial charge in [-0.05, 0) is 36.0 Å². The normalized spacial score (nSPS) is 13.4. The molecule has 0 radical (unpaired) electrons. The first-order valence-corrected chi connectivity index (χ1v) is 6.48. The maximum atomic E-state index is 12.9. The Hall–Kier alpha value is -0.890. The Balaban J connectivity index is 2.70. The SMILES string of the molecule is CC(C)CC(CNC(C)C)c1ccc(F)cc1. The van der Waals surface area contributed by atoms with E-state index in [1.165, 1.54) is 5.56 Å². The highest BCUT2D eigenvalue weighted by molar-refractivity contribution is 5.21. The number of nitrogens with one attached hydrogen (secondary N) is 1. The molecule has 1 rings (SSSR count). The zero-order valence-electron chi connectivity index (χ0n) is 11.3. The van der Waals surface area contributed by atoms with Crippen LogP contribution in [0, 0.1) is 11.7 Å². The van der Waals surface area contributed by atoms with E-state index in [9.17, 15) is 4.39 Å². The molecule has 1 nitrogen and oxygen atoms in total. The lowest BCUT2D eigenvalue weighted by molar-refractivity contribution is 0.451. The molecule has 0 aromatic heterocycles. The van der Waals surface area contributed by atoms with Gasteiger partial charge in [0.15, 0.2) is 0 Å². The lowest BCUT2D eigenvalue weighted by Gasteiger charge is -2.21. The van der Waals surface area contributed by atoms with Crippen LogP contribution >= 0.6 is 0 Å². The smallest absolute Gasteiger partial charge is 0.123 e. The summed E-state index contributed by atoms with van der Waals surface area (Å²) in [6.45, 7) is 9.72. The molecule has 2 heteroatoms. The Bertz CT molecular complexity index is 316. The van der Waals surface area contributed by atoms with Crippen LogP contribution in [0.5, 0.6) is 0 Å². The topological polar surface area (TPSA) is 12.0 Å². The molecule has 1 unspecified atom stereocenters. The van der Waals surface area contributed by atoms with Gasteiger partial charge in [0.1, 0.15) is 5.82 Å². The van der Waals surface area contributed by atoms with Gasteiger partial charge < -0.3 is 5.32 Å². The minimum absolute atomic E-state index is 0.158. The van der Waals surface area contributed by atoms with Crippen molar-refractivity contribution in [1.29, 1.82) is 0 Å². The molecule has 1 aromatic rings. The highest BCUT2D eigenvalue weighted by atomic mass is 19.1. The van der Waals surface area contributed by atoms with Gasteiger partial charge in [0.05, 0.1) is 0 Å². The van der Waals surface area contributed by atoms with E-state index >= 15 is 0 Å². The van der Waals surface area contributed by atoms with Crippen LogP contribution < -0.4 is 5.32 Å². The van der Waals surface area contributed by atoms with Gasteiger partial charge in [-0.15, -0.1) is 0 Å². The quantitative estimate of drug-likeness (QED) is 0.790. The summed E-state index contributed by atoms with van der Waals surface area (Å²) < 4.78 is 12.9. The van der Waals surface area contributed by atoms with E-state index in [1.807, 2.05) is 12.1 Å². The second-order valence-electron chi connectivity index (χ2n) is 5.44. The minimum atomic E-state index is -0.158. The fourth-order valence-electron chi connectivity index (χ4n) is 2.02. The lowest BCUT2D eigenvalue weighted by atomic mass is 9.90. The van der Waals surface area contributed by atoms with Crippen molar-refractivity contribution in [2.24, 2.45) is 5.92 Å². The molecule has 0 saturated heterocycles. The van der Waals surface area contributed by atoms with Crippen LogP contribution in [0.4, 0.5) is 4.39 Å². The van der Waals surface area contributed by atoms with Crippen molar-refractivity contribution >= 4 is 0 Å². The molecule has 17 heavy (non-hydrogen) atoms. The maximum absolute atomic E-state index is 12.9. The fraction of sp³-hybridized carbons (Fsp3) is 0.600. The molecule has 0 amide bonds. The third kappa shape index (κ3) is 5.31. The van der Waals surface area contributed by atoms with Gasteiger partial charge in [0, 0.05) is 12.6 Å². The average Bonchev–Trinajstić information content (AvgIpc) is 2.25. The molecule has 0 aliphatic rings. The monoisotopic (exact) mass is 237 g/mol. The number of halogens is 1. The third-order valence-electron chi connectivity index (χ3n) is 2.87. The number of hydrogen-bond donors (Lipinski definition) is 1. The molecule has 0 heterocycles. The van der Waals surface area contributed by atoms with Crippen LogP contribution in [0.15, 0.2) is 24.3 Å². The molecule has 0 aliphatic carbocycles. The first-order chi connectivity index (χ1) is 7.99. The van der Waals surface area contributed by atoms with Crippen LogP contribution in [0.1, 0.15) is 45.6 Å². The largest absolute Gasteiger partial charge is 0.314 e. The Kier molecular flexibility index (Phi) is 5.63. The second kappa shape index (κ2) is 6.75. The minimum Gasteiger partial charge on any atom is -0.314 e. The molecule has 0 bridgehead atoms. The average molecular weight is 237 g/mol. The molecule has 1 aromatic carbocycles. The van der Waals surface area contributed by atoms with Gasteiger partial charge in [-0.1, -0.05) is 39.8 Å². The highest BCUT2D eigenvalue weighted by Gasteiger charge is 2.13. The van der Waals surface area contributed by atoms with E-state index in [1.54, 1.807) is 12.1 Å². The van der Waals surface area contributed by atoms with Crippen molar-refractivity contribution in [3.8, 4) is 0 Å². The van der Waals surface area contributed by atoms with Crippen molar-refractivity contribution in [1.82, 2.24) is 5.32 Å². The van der Waals surface area contributed by atoms with Gasteiger partial charge in [0.25, 0.3) is 0 Å². The number of benzene rings is 1. The standard InChI is InChI=1S/C15H24FN/c1-11(2)9-14(10-17-12(3)4)13-5-7-15(16)8-6-13/h5-8,11-12,14,17H,9-10H2,1-4H3. The Labute approximate surface area is 104 Å². The van der Waals surface area contributed by atoms with Crippen LogP contribution in [0.3, 0.4) is 0 Å². The van der Waals surface area contributed by atoms with E-state index in [0.717, 1.165) is 13.0 Å². The van der Waals surface area contributed by atoms with Gasteiger partial charge >= 0.3 is 0 Å². The van der Waals surface area contributed by atoms with Crippen molar-refractivity contribution in [3.63, 3.8) is 0 Å². The van der Waals surface area contributed by atoms with Gasteiger partial charge in [-0.2, -0.15) is 0 Å². The predicted molar refractivity (Wildman–Crippen MR) is 71.7 cm³/mol. The molecule has 1 N–H and O–H groups in total. The summed E-state index contributed by atoms with van der Waals surface area (Å²) in [5.74, 6) is 0.964.